The van der Waals surface area contributed by atoms with E-state index < -0.39 is 0 Å². The summed E-state index contributed by atoms with van der Waals surface area (Å²) in [5.74, 6) is 0.290. The van der Waals surface area contributed by atoms with Crippen molar-refractivity contribution in [2.45, 2.75) is 0 Å². The Bertz CT molecular complexity index is 1010. The van der Waals surface area contributed by atoms with Gasteiger partial charge in [-0.2, -0.15) is 0 Å². The third kappa shape index (κ3) is 3.38. The van der Waals surface area contributed by atoms with Gasteiger partial charge in [-0.25, -0.2) is 9.37 Å². The molecule has 1 aliphatic heterocycles. The molecule has 0 saturated carbocycles. The van der Waals surface area contributed by atoms with Crippen molar-refractivity contribution in [1.29, 1.82) is 0 Å². The van der Waals surface area contributed by atoms with Gasteiger partial charge in [-0.05, 0) is 24.3 Å². The predicted octanol–water partition coefficient (Wildman–Crippen LogP) is 4.41. The molecule has 0 spiro atoms. The minimum atomic E-state index is -0.375. The molecule has 4 rings (SSSR count). The van der Waals surface area contributed by atoms with Crippen molar-refractivity contribution in [2.24, 2.45) is 7.05 Å². The second-order valence-electron chi connectivity index (χ2n) is 6.50. The van der Waals surface area contributed by atoms with Gasteiger partial charge in [0, 0.05) is 49.2 Å². The normalized spacial score (nSPS) is 14.6. The van der Waals surface area contributed by atoms with Crippen molar-refractivity contribution in [1.82, 2.24) is 14.5 Å². The van der Waals surface area contributed by atoms with E-state index >= 15 is 0 Å². The number of hydrogen-bond donors (Lipinski definition) is 1. The van der Waals surface area contributed by atoms with Gasteiger partial charge >= 0.3 is 0 Å². The van der Waals surface area contributed by atoms with Gasteiger partial charge in [0.2, 0.25) is 0 Å². The summed E-state index contributed by atoms with van der Waals surface area (Å²) < 4.78 is 20.8. The largest absolute Gasteiger partial charge is 0.378 e. The molecule has 3 aromatic rings. The molecule has 1 aliphatic rings. The molecule has 140 valence electrons. The standard InChI is InChI=1S/C20H20ClFN4O/c1-13(26-7-9-27-10-8-26)16-12-23-20(15-5-6-25(2)19(15)16)24-18-4-3-14(22)11-17(18)21/h3-6,11-12H,1,7-10H2,2H3,(H,23,24). The van der Waals surface area contributed by atoms with Crippen LogP contribution in [0.25, 0.3) is 16.6 Å². The highest BCUT2D eigenvalue weighted by Gasteiger charge is 2.19. The number of nitrogens with one attached hydrogen (secondary N) is 1. The van der Waals surface area contributed by atoms with Crippen molar-refractivity contribution < 1.29 is 9.13 Å². The quantitative estimate of drug-likeness (QED) is 0.721. The Morgan fingerprint density at radius 2 is 2.07 bits per heavy atom. The molecule has 0 bridgehead atoms. The molecule has 0 amide bonds. The lowest BCUT2D eigenvalue weighted by Crippen LogP contribution is -2.34. The SMILES string of the molecule is C=C(c1cnc(Nc2ccc(F)cc2Cl)c2ccn(C)c12)N1CCOCC1. The molecule has 0 aliphatic carbocycles. The number of halogens is 2. The Hall–Kier alpha value is -2.57. The summed E-state index contributed by atoms with van der Waals surface area (Å²) in [6, 6.07) is 6.25. The smallest absolute Gasteiger partial charge is 0.139 e. The van der Waals surface area contributed by atoms with E-state index in [-0.39, 0.29) is 5.82 Å². The Morgan fingerprint density at radius 3 is 2.81 bits per heavy atom. The topological polar surface area (TPSA) is 42.3 Å². The van der Waals surface area contributed by atoms with Gasteiger partial charge in [-0.3, -0.25) is 0 Å². The van der Waals surface area contributed by atoms with Crippen LogP contribution in [0.1, 0.15) is 5.56 Å². The van der Waals surface area contributed by atoms with Crippen LogP contribution < -0.4 is 5.32 Å². The van der Waals surface area contributed by atoms with Gasteiger partial charge in [0.15, 0.2) is 0 Å². The summed E-state index contributed by atoms with van der Waals surface area (Å²) in [7, 11) is 1.99. The van der Waals surface area contributed by atoms with Crippen LogP contribution in [0.5, 0.6) is 0 Å². The van der Waals surface area contributed by atoms with Crippen LogP contribution in [-0.2, 0) is 11.8 Å². The first-order valence-corrected chi connectivity index (χ1v) is 9.10. The fraction of sp³-hybridized carbons (Fsp3) is 0.250. The van der Waals surface area contributed by atoms with Gasteiger partial charge < -0.3 is 19.5 Å². The Morgan fingerprint density at radius 1 is 1.30 bits per heavy atom. The molecule has 1 aromatic carbocycles. The molecule has 0 radical (unpaired) electrons. The summed E-state index contributed by atoms with van der Waals surface area (Å²) in [6.45, 7) is 7.32. The lowest BCUT2D eigenvalue weighted by Gasteiger charge is -2.31. The van der Waals surface area contributed by atoms with Crippen LogP contribution in [0.15, 0.2) is 43.2 Å². The molecule has 0 atom stereocenters. The number of rotatable bonds is 4. The number of aryl methyl sites for hydroxylation is 1. The number of nitrogens with zero attached hydrogens (tertiary/aromatic N) is 3. The van der Waals surface area contributed by atoms with E-state index in [1.165, 1.54) is 12.1 Å². The zero-order chi connectivity index (χ0) is 19.0. The molecule has 5 nitrogen and oxygen atoms in total. The zero-order valence-corrected chi connectivity index (χ0v) is 15.8. The molecule has 1 fully saturated rings. The fourth-order valence-electron chi connectivity index (χ4n) is 3.35. The van der Waals surface area contributed by atoms with Crippen LogP contribution in [0, 0.1) is 5.82 Å². The summed E-state index contributed by atoms with van der Waals surface area (Å²) in [6.07, 6.45) is 3.81. The lowest BCUT2D eigenvalue weighted by atomic mass is 10.1. The van der Waals surface area contributed by atoms with Gasteiger partial charge in [0.1, 0.15) is 11.6 Å². The molecule has 1 N–H and O–H groups in total. The number of anilines is 2. The number of pyridine rings is 1. The maximum Gasteiger partial charge on any atom is 0.139 e. The Kier molecular flexibility index (Phi) is 4.76. The number of fused-ring (bicyclic) bond motifs is 1. The van der Waals surface area contributed by atoms with E-state index in [9.17, 15) is 4.39 Å². The first-order valence-electron chi connectivity index (χ1n) is 8.72. The van der Waals surface area contributed by atoms with Crippen LogP contribution in [0.2, 0.25) is 5.02 Å². The number of ether oxygens (including phenoxy) is 1. The number of aromatic nitrogens is 2. The van der Waals surface area contributed by atoms with E-state index in [1.807, 2.05) is 25.5 Å². The summed E-state index contributed by atoms with van der Waals surface area (Å²) in [4.78, 5) is 6.82. The minimum absolute atomic E-state index is 0.308. The van der Waals surface area contributed by atoms with Gasteiger partial charge in [-0.15, -0.1) is 0 Å². The maximum absolute atomic E-state index is 13.3. The highest BCUT2D eigenvalue weighted by Crippen LogP contribution is 2.33. The zero-order valence-electron chi connectivity index (χ0n) is 15.0. The highest BCUT2D eigenvalue weighted by atomic mass is 35.5. The lowest BCUT2D eigenvalue weighted by molar-refractivity contribution is 0.0641. The summed E-state index contributed by atoms with van der Waals surface area (Å²) >= 11 is 6.15. The molecule has 1 saturated heterocycles. The molecule has 0 unspecified atom stereocenters. The molecular formula is C20H20ClFN4O. The minimum Gasteiger partial charge on any atom is -0.378 e. The van der Waals surface area contributed by atoms with E-state index in [0.717, 1.165) is 35.3 Å². The van der Waals surface area contributed by atoms with E-state index in [0.29, 0.717) is 29.7 Å². The van der Waals surface area contributed by atoms with Gasteiger partial charge in [0.05, 0.1) is 29.4 Å². The molecular weight excluding hydrogens is 367 g/mol. The third-order valence-corrected chi connectivity index (χ3v) is 5.11. The van der Waals surface area contributed by atoms with E-state index in [1.54, 1.807) is 6.07 Å². The van der Waals surface area contributed by atoms with E-state index in [4.69, 9.17) is 16.3 Å². The number of benzene rings is 1. The van der Waals surface area contributed by atoms with Crippen molar-refractivity contribution in [3.63, 3.8) is 0 Å². The maximum atomic E-state index is 13.3. The Balaban J connectivity index is 1.73. The average Bonchev–Trinajstić information content (AvgIpc) is 3.07. The molecule has 2 aromatic heterocycles. The first kappa shape index (κ1) is 17.8. The van der Waals surface area contributed by atoms with E-state index in [2.05, 4.69) is 26.3 Å². The van der Waals surface area contributed by atoms with Crippen LogP contribution in [0.4, 0.5) is 15.9 Å². The van der Waals surface area contributed by atoms with Gasteiger partial charge in [-0.1, -0.05) is 18.2 Å². The second-order valence-corrected chi connectivity index (χ2v) is 6.91. The van der Waals surface area contributed by atoms with Crippen molar-refractivity contribution in [2.75, 3.05) is 31.6 Å². The van der Waals surface area contributed by atoms with Crippen LogP contribution in [-0.4, -0.2) is 40.8 Å². The fourth-order valence-corrected chi connectivity index (χ4v) is 3.56. The average molecular weight is 387 g/mol. The number of hydrogen-bond acceptors (Lipinski definition) is 4. The first-order chi connectivity index (χ1) is 13.0. The predicted molar refractivity (Wildman–Crippen MR) is 107 cm³/mol. The number of morpholine rings is 1. The molecule has 7 heteroatoms. The van der Waals surface area contributed by atoms with Crippen LogP contribution in [0.3, 0.4) is 0 Å². The third-order valence-electron chi connectivity index (χ3n) is 4.79. The van der Waals surface area contributed by atoms with Crippen molar-refractivity contribution in [3.05, 3.63) is 59.6 Å². The molecule has 3 heterocycles. The highest BCUT2D eigenvalue weighted by molar-refractivity contribution is 6.33. The van der Waals surface area contributed by atoms with Gasteiger partial charge in [0.25, 0.3) is 0 Å². The summed E-state index contributed by atoms with van der Waals surface area (Å²) in [5.41, 5.74) is 3.55. The second kappa shape index (κ2) is 7.21. The Labute approximate surface area is 162 Å². The summed E-state index contributed by atoms with van der Waals surface area (Å²) in [5, 5.41) is 4.47. The van der Waals surface area contributed by atoms with Crippen LogP contribution >= 0.6 is 11.6 Å². The van der Waals surface area contributed by atoms with Crippen molar-refractivity contribution in [3.8, 4) is 0 Å². The molecule has 27 heavy (non-hydrogen) atoms. The monoisotopic (exact) mass is 386 g/mol. The van der Waals surface area contributed by atoms with Crippen molar-refractivity contribution >= 4 is 39.7 Å².